The number of carbonyl (C=O) groups excluding carboxylic acids is 2. The lowest BCUT2D eigenvalue weighted by atomic mass is 10.6. The third kappa shape index (κ3) is 5.66. The summed E-state index contributed by atoms with van der Waals surface area (Å²) in [6, 6.07) is 0. The van der Waals surface area contributed by atoms with Gasteiger partial charge in [0.2, 0.25) is 5.91 Å². The molecule has 1 N–H and O–H groups in total. The van der Waals surface area contributed by atoms with E-state index in [9.17, 15) is 14.5 Å². The molecule has 7 heteroatoms. The molecule has 0 aliphatic heterocycles. The van der Waals surface area contributed by atoms with E-state index in [1.54, 1.807) is 0 Å². The fourth-order valence-electron chi connectivity index (χ4n) is 0.507. The first kappa shape index (κ1) is 10.9. The van der Waals surface area contributed by atoms with Crippen molar-refractivity contribution in [1.29, 1.82) is 0 Å². The molecule has 0 radical (unpaired) electrons. The van der Waals surface area contributed by atoms with Gasteiger partial charge in [-0.05, 0) is 0 Å². The van der Waals surface area contributed by atoms with Crippen LogP contribution in [0.4, 0.5) is 0 Å². The third-order valence-corrected chi connectivity index (χ3v) is 1.42. The Morgan fingerprint density at radius 1 is 1.83 bits per heavy atom. The van der Waals surface area contributed by atoms with Crippen molar-refractivity contribution < 1.29 is 14.3 Å². The van der Waals surface area contributed by atoms with E-state index in [0.717, 1.165) is 0 Å². The fourth-order valence-corrected chi connectivity index (χ4v) is 0.865. The summed E-state index contributed by atoms with van der Waals surface area (Å²) in [5, 5.41) is 2.30. The van der Waals surface area contributed by atoms with Crippen LogP contribution in [-0.2, 0) is 14.3 Å². The minimum absolute atomic E-state index is 0.113. The quantitative estimate of drug-likeness (QED) is 0.278. The second-order valence-corrected chi connectivity index (χ2v) is 2.53. The average Bonchev–Trinajstić information content (AvgIpc) is 2.00. The number of nitrogens with zero attached hydrogens (tertiary/aromatic N) is 1. The van der Waals surface area contributed by atoms with Crippen LogP contribution in [0.2, 0.25) is 0 Å². The van der Waals surface area contributed by atoms with E-state index < -0.39 is 6.23 Å². The van der Waals surface area contributed by atoms with Crippen molar-refractivity contribution in [1.82, 2.24) is 5.32 Å². The van der Waals surface area contributed by atoms with Gasteiger partial charge in [0.25, 0.3) is 6.47 Å². The van der Waals surface area contributed by atoms with Crippen molar-refractivity contribution in [2.45, 2.75) is 13.2 Å². The van der Waals surface area contributed by atoms with Gasteiger partial charge in [-0.3, -0.25) is 9.59 Å². The first-order valence-electron chi connectivity index (χ1n) is 3.01. The molecular formula is C5H8N2O4S. The highest BCUT2D eigenvalue weighted by atomic mass is 32.2. The zero-order chi connectivity index (χ0) is 9.40. The predicted octanol–water partition coefficient (Wildman–Crippen LogP) is 0.0362. The summed E-state index contributed by atoms with van der Waals surface area (Å²) in [6.45, 7) is 1.48. The summed E-state index contributed by atoms with van der Waals surface area (Å²) in [4.78, 5) is 30.0. The molecular weight excluding hydrogens is 184 g/mol. The maximum atomic E-state index is 10.5. The lowest BCUT2D eigenvalue weighted by Crippen LogP contribution is -2.36. The van der Waals surface area contributed by atoms with Gasteiger partial charge in [0.15, 0.2) is 6.23 Å². The molecule has 68 valence electrons. The number of nitrogens with one attached hydrogen (secondary N) is 1. The molecule has 6 nitrogen and oxygen atoms in total. The van der Waals surface area contributed by atoms with Crippen molar-refractivity contribution in [2.24, 2.45) is 4.58 Å². The molecule has 1 atom stereocenters. The van der Waals surface area contributed by atoms with Gasteiger partial charge in [0.1, 0.15) is 0 Å². The summed E-state index contributed by atoms with van der Waals surface area (Å²) in [5.41, 5.74) is 0. The van der Waals surface area contributed by atoms with Gasteiger partial charge in [-0.25, -0.2) is 0 Å². The smallest absolute Gasteiger partial charge is 0.295 e. The van der Waals surface area contributed by atoms with Gasteiger partial charge in [0.05, 0.1) is 5.75 Å². The first-order chi connectivity index (χ1) is 5.70. The lowest BCUT2D eigenvalue weighted by molar-refractivity contribution is -0.136. The monoisotopic (exact) mass is 192 g/mol. The van der Waals surface area contributed by atoms with Crippen LogP contribution in [0.25, 0.3) is 0 Å². The summed E-state index contributed by atoms with van der Waals surface area (Å²) >= 11 is 0.669. The van der Waals surface area contributed by atoms with Crippen molar-refractivity contribution in [3.05, 3.63) is 4.91 Å². The normalized spacial score (nSPS) is 11.4. The molecule has 0 heterocycles. The van der Waals surface area contributed by atoms with Gasteiger partial charge >= 0.3 is 0 Å². The number of ether oxygens (including phenoxy) is 1. The lowest BCUT2D eigenvalue weighted by Gasteiger charge is -2.12. The minimum atomic E-state index is -0.789. The number of nitroso groups, excluding NO2 is 1. The van der Waals surface area contributed by atoms with Crippen LogP contribution in [0.15, 0.2) is 4.58 Å². The molecule has 0 aromatic heterocycles. The predicted molar refractivity (Wildman–Crippen MR) is 43.0 cm³/mol. The zero-order valence-electron chi connectivity index (χ0n) is 6.35. The number of amides is 1. The SMILES string of the molecule is CC(=O)NC(CSN=O)OC=O. The van der Waals surface area contributed by atoms with Gasteiger partial charge in [-0.1, -0.05) is 0 Å². The molecule has 0 saturated heterocycles. The number of rotatable bonds is 6. The molecule has 0 aliphatic carbocycles. The molecule has 0 saturated carbocycles. The molecule has 12 heavy (non-hydrogen) atoms. The van der Waals surface area contributed by atoms with Crippen LogP contribution in [0.3, 0.4) is 0 Å². The highest BCUT2D eigenvalue weighted by Crippen LogP contribution is 2.03. The standard InChI is InChI=1S/C5H8N2O4S/c1-4(9)6-5(11-3-8)2-12-7-10/h3,5H,2H2,1H3,(H,6,9). The second-order valence-electron chi connectivity index (χ2n) is 1.79. The molecule has 0 spiro atoms. The Kier molecular flexibility index (Phi) is 5.98. The highest BCUT2D eigenvalue weighted by molar-refractivity contribution is 7.97. The number of hydrogen-bond donors (Lipinski definition) is 1. The number of carbonyl (C=O) groups is 2. The molecule has 0 aromatic carbocycles. The van der Waals surface area contributed by atoms with E-state index >= 15 is 0 Å². The Balaban J connectivity index is 3.75. The van der Waals surface area contributed by atoms with Crippen LogP contribution in [-0.4, -0.2) is 24.4 Å². The van der Waals surface area contributed by atoms with Crippen LogP contribution in [0.5, 0.6) is 0 Å². The molecule has 1 unspecified atom stereocenters. The summed E-state index contributed by atoms with van der Waals surface area (Å²) < 4.78 is 6.91. The molecule has 0 aromatic rings. The third-order valence-electron chi connectivity index (χ3n) is 0.863. The van der Waals surface area contributed by atoms with E-state index in [-0.39, 0.29) is 18.1 Å². The van der Waals surface area contributed by atoms with Crippen LogP contribution in [0.1, 0.15) is 6.92 Å². The van der Waals surface area contributed by atoms with E-state index in [4.69, 9.17) is 0 Å². The zero-order valence-corrected chi connectivity index (χ0v) is 7.17. The van der Waals surface area contributed by atoms with Crippen LogP contribution >= 0.6 is 11.9 Å². The maximum absolute atomic E-state index is 10.5. The molecule has 1 amide bonds. The summed E-state index contributed by atoms with van der Waals surface area (Å²) in [6.07, 6.45) is -0.789. The van der Waals surface area contributed by atoms with Gasteiger partial charge in [-0.15, -0.1) is 4.91 Å². The van der Waals surface area contributed by atoms with Crippen molar-refractivity contribution in [3.63, 3.8) is 0 Å². The average molecular weight is 192 g/mol. The van der Waals surface area contributed by atoms with Gasteiger partial charge < -0.3 is 10.1 Å². The Morgan fingerprint density at radius 3 is 2.92 bits per heavy atom. The van der Waals surface area contributed by atoms with Crippen molar-refractivity contribution in [2.75, 3.05) is 5.75 Å². The van der Waals surface area contributed by atoms with Gasteiger partial charge in [-0.2, -0.15) is 0 Å². The summed E-state index contributed by atoms with van der Waals surface area (Å²) in [5.74, 6) is -0.227. The Morgan fingerprint density at radius 2 is 2.50 bits per heavy atom. The van der Waals surface area contributed by atoms with Crippen molar-refractivity contribution >= 4 is 24.3 Å². The highest BCUT2D eigenvalue weighted by Gasteiger charge is 2.09. The fraction of sp³-hybridized carbons (Fsp3) is 0.600. The first-order valence-corrected chi connectivity index (χ1v) is 3.95. The van der Waals surface area contributed by atoms with E-state index in [0.29, 0.717) is 11.9 Å². The van der Waals surface area contributed by atoms with E-state index in [1.165, 1.54) is 6.92 Å². The second kappa shape index (κ2) is 6.59. The molecule has 0 bridgehead atoms. The Labute approximate surface area is 73.1 Å². The minimum Gasteiger partial charge on any atom is -0.443 e. The van der Waals surface area contributed by atoms with Gasteiger partial charge in [0, 0.05) is 23.5 Å². The Bertz CT molecular complexity index is 175. The van der Waals surface area contributed by atoms with Crippen molar-refractivity contribution in [3.8, 4) is 0 Å². The molecule has 0 aliphatic rings. The summed E-state index contributed by atoms with van der Waals surface area (Å²) in [7, 11) is 0. The van der Waals surface area contributed by atoms with Crippen LogP contribution in [0, 0.1) is 4.91 Å². The van der Waals surface area contributed by atoms with Crippen LogP contribution < -0.4 is 5.32 Å². The molecule has 0 fully saturated rings. The van der Waals surface area contributed by atoms with E-state index in [1.807, 2.05) is 0 Å². The van der Waals surface area contributed by atoms with E-state index in [2.05, 4.69) is 14.6 Å². The topological polar surface area (TPSA) is 84.8 Å². The Hall–Kier alpha value is -1.11. The number of hydrogen-bond acceptors (Lipinski definition) is 6. The molecule has 0 rings (SSSR count). The largest absolute Gasteiger partial charge is 0.443 e. The maximum Gasteiger partial charge on any atom is 0.295 e.